The molecule has 31 heavy (non-hydrogen) atoms. The fourth-order valence-corrected chi connectivity index (χ4v) is 4.09. The summed E-state index contributed by atoms with van der Waals surface area (Å²) >= 11 is 6.12. The molecule has 0 bridgehead atoms. The lowest BCUT2D eigenvalue weighted by molar-refractivity contribution is -0.137. The van der Waals surface area contributed by atoms with Gasteiger partial charge in [0, 0.05) is 31.0 Å². The molecule has 7 heteroatoms. The summed E-state index contributed by atoms with van der Waals surface area (Å²) < 4.78 is 43.6. The summed E-state index contributed by atoms with van der Waals surface area (Å²) in [5.74, 6) is 0.663. The van der Waals surface area contributed by atoms with Crippen LogP contribution in [0.1, 0.15) is 36.8 Å². The Balaban J connectivity index is 1.37. The van der Waals surface area contributed by atoms with E-state index in [1.165, 1.54) is 11.6 Å². The van der Waals surface area contributed by atoms with Gasteiger partial charge in [-0.1, -0.05) is 41.5 Å². The first-order valence-electron chi connectivity index (χ1n) is 10.2. The maximum Gasteiger partial charge on any atom is 0.417 e. The van der Waals surface area contributed by atoms with Crippen LogP contribution in [-0.2, 0) is 6.18 Å². The van der Waals surface area contributed by atoms with Crippen LogP contribution in [0.4, 0.5) is 13.2 Å². The second-order valence-corrected chi connectivity index (χ2v) is 8.14. The monoisotopic (exact) mass is 446 g/mol. The van der Waals surface area contributed by atoms with Crippen LogP contribution in [0.5, 0.6) is 11.6 Å². The number of alkyl halides is 3. The van der Waals surface area contributed by atoms with E-state index >= 15 is 0 Å². The third-order valence-corrected chi connectivity index (χ3v) is 5.69. The van der Waals surface area contributed by atoms with Gasteiger partial charge in [0.1, 0.15) is 5.75 Å². The van der Waals surface area contributed by atoms with Crippen LogP contribution < -0.4 is 4.74 Å². The van der Waals surface area contributed by atoms with Crippen LogP contribution in [0.3, 0.4) is 0 Å². The van der Waals surface area contributed by atoms with Gasteiger partial charge in [-0.15, -0.1) is 0 Å². The molecule has 2 aliphatic rings. The molecule has 0 unspecified atom stereocenters. The molecule has 1 aromatic carbocycles. The standard InChI is InChI=1S/C24H22ClF3N2O/c25-20-4-2-12-30(16-20)21-9-6-17(7-10-21)13-18-3-1-5-22(14-18)31-23-11-8-19(15-29-23)24(26,27)28/h1-5,8,11,13-16,21H,6-7,9-10,12H2. The fraction of sp³-hybridized carbons (Fsp3) is 0.292. The van der Waals surface area contributed by atoms with E-state index in [9.17, 15) is 13.2 Å². The summed E-state index contributed by atoms with van der Waals surface area (Å²) in [6.45, 7) is 0.900. The van der Waals surface area contributed by atoms with Crippen molar-refractivity contribution in [2.75, 3.05) is 6.54 Å². The van der Waals surface area contributed by atoms with Gasteiger partial charge in [0.25, 0.3) is 0 Å². The first-order chi connectivity index (χ1) is 14.9. The van der Waals surface area contributed by atoms with E-state index in [-0.39, 0.29) is 5.88 Å². The highest BCUT2D eigenvalue weighted by atomic mass is 35.5. The molecule has 1 aromatic heterocycles. The Hall–Kier alpha value is -2.73. The quantitative estimate of drug-likeness (QED) is 0.497. The molecular formula is C24H22ClF3N2O. The summed E-state index contributed by atoms with van der Waals surface area (Å²) in [4.78, 5) is 6.07. The van der Waals surface area contributed by atoms with Gasteiger partial charge in [-0.05, 0) is 55.5 Å². The van der Waals surface area contributed by atoms with E-state index in [1.807, 2.05) is 30.5 Å². The number of hydrogen-bond donors (Lipinski definition) is 0. The molecule has 162 valence electrons. The molecule has 2 aromatic rings. The molecular weight excluding hydrogens is 425 g/mol. The lowest BCUT2D eigenvalue weighted by Gasteiger charge is -2.35. The van der Waals surface area contributed by atoms with Crippen LogP contribution >= 0.6 is 11.6 Å². The third kappa shape index (κ3) is 5.70. The summed E-state index contributed by atoms with van der Waals surface area (Å²) in [7, 11) is 0. The van der Waals surface area contributed by atoms with Crippen molar-refractivity contribution in [2.24, 2.45) is 0 Å². The highest BCUT2D eigenvalue weighted by Gasteiger charge is 2.30. The van der Waals surface area contributed by atoms with E-state index in [4.69, 9.17) is 16.3 Å². The summed E-state index contributed by atoms with van der Waals surface area (Å²) in [5.41, 5.74) is 1.58. The van der Waals surface area contributed by atoms with E-state index in [0.717, 1.165) is 55.1 Å². The van der Waals surface area contributed by atoms with Gasteiger partial charge in [-0.2, -0.15) is 13.2 Å². The molecule has 3 nitrogen and oxygen atoms in total. The van der Waals surface area contributed by atoms with E-state index in [2.05, 4.69) is 22.0 Å². The highest BCUT2D eigenvalue weighted by molar-refractivity contribution is 6.31. The number of hydrogen-bond acceptors (Lipinski definition) is 3. The molecule has 0 N–H and O–H groups in total. The van der Waals surface area contributed by atoms with Gasteiger partial charge in [-0.3, -0.25) is 0 Å². The predicted octanol–water partition coefficient (Wildman–Crippen LogP) is 7.17. The Morgan fingerprint density at radius 3 is 2.61 bits per heavy atom. The Kier molecular flexibility index (Phi) is 6.37. The highest BCUT2D eigenvalue weighted by Crippen LogP contribution is 2.32. The van der Waals surface area contributed by atoms with Crippen molar-refractivity contribution in [2.45, 2.75) is 37.9 Å². The first-order valence-corrected chi connectivity index (χ1v) is 10.5. The topological polar surface area (TPSA) is 25.4 Å². The second-order valence-electron chi connectivity index (χ2n) is 7.70. The zero-order valence-electron chi connectivity index (χ0n) is 16.8. The average molecular weight is 447 g/mol. The molecule has 0 amide bonds. The molecule has 1 aliphatic heterocycles. The Morgan fingerprint density at radius 1 is 1.13 bits per heavy atom. The van der Waals surface area contributed by atoms with Crippen LogP contribution in [0.15, 0.2) is 71.6 Å². The summed E-state index contributed by atoms with van der Waals surface area (Å²) in [6, 6.07) is 10.2. The van der Waals surface area contributed by atoms with Crippen molar-refractivity contribution in [1.29, 1.82) is 0 Å². The largest absolute Gasteiger partial charge is 0.439 e. The van der Waals surface area contributed by atoms with E-state index in [0.29, 0.717) is 11.8 Å². The van der Waals surface area contributed by atoms with Crippen molar-refractivity contribution >= 4 is 17.7 Å². The van der Waals surface area contributed by atoms with Crippen LogP contribution in [0.2, 0.25) is 0 Å². The first kappa shape index (κ1) is 21.5. The zero-order chi connectivity index (χ0) is 21.8. The molecule has 0 atom stereocenters. The van der Waals surface area contributed by atoms with Crippen LogP contribution in [0.25, 0.3) is 6.08 Å². The lowest BCUT2D eigenvalue weighted by Crippen LogP contribution is -2.34. The zero-order valence-corrected chi connectivity index (χ0v) is 17.5. The van der Waals surface area contributed by atoms with Crippen molar-refractivity contribution in [3.63, 3.8) is 0 Å². The Morgan fingerprint density at radius 2 is 1.94 bits per heavy atom. The minimum atomic E-state index is -4.41. The van der Waals surface area contributed by atoms with E-state index < -0.39 is 11.7 Å². The summed E-state index contributed by atoms with van der Waals surface area (Å²) in [5, 5.41) is 0.770. The molecule has 1 fully saturated rings. The number of rotatable bonds is 4. The Labute approximate surface area is 184 Å². The number of pyridine rings is 1. The number of allylic oxidation sites excluding steroid dienone is 3. The van der Waals surface area contributed by atoms with Gasteiger partial charge in [0.15, 0.2) is 0 Å². The number of benzene rings is 1. The minimum absolute atomic E-state index is 0.126. The molecule has 1 aliphatic carbocycles. The Bertz CT molecular complexity index is 1000. The molecule has 4 rings (SSSR count). The van der Waals surface area contributed by atoms with E-state index in [1.54, 1.807) is 6.07 Å². The molecule has 0 spiro atoms. The van der Waals surface area contributed by atoms with Gasteiger partial charge >= 0.3 is 6.18 Å². The minimum Gasteiger partial charge on any atom is -0.439 e. The molecule has 0 radical (unpaired) electrons. The molecule has 1 saturated carbocycles. The molecule has 2 heterocycles. The maximum absolute atomic E-state index is 12.7. The normalized spacial score (nSPS) is 19.2. The number of ether oxygens (including phenoxy) is 1. The molecule has 0 saturated heterocycles. The lowest BCUT2D eigenvalue weighted by atomic mass is 9.88. The third-order valence-electron chi connectivity index (χ3n) is 5.46. The van der Waals surface area contributed by atoms with Gasteiger partial charge in [0.05, 0.1) is 10.6 Å². The second kappa shape index (κ2) is 9.18. The predicted molar refractivity (Wildman–Crippen MR) is 116 cm³/mol. The SMILES string of the molecule is FC(F)(F)c1ccc(Oc2cccc(C=C3CCC(N4C=C(Cl)C=CC4)CC3)c2)nc1. The average Bonchev–Trinajstić information content (AvgIpc) is 2.74. The van der Waals surface area contributed by atoms with Gasteiger partial charge < -0.3 is 9.64 Å². The smallest absolute Gasteiger partial charge is 0.417 e. The van der Waals surface area contributed by atoms with Crippen LogP contribution in [-0.4, -0.2) is 22.5 Å². The van der Waals surface area contributed by atoms with Crippen molar-refractivity contribution in [3.05, 3.63) is 82.7 Å². The van der Waals surface area contributed by atoms with Gasteiger partial charge in [0.2, 0.25) is 5.88 Å². The van der Waals surface area contributed by atoms with Crippen LogP contribution in [0, 0.1) is 0 Å². The number of aromatic nitrogens is 1. The number of nitrogens with zero attached hydrogens (tertiary/aromatic N) is 2. The summed E-state index contributed by atoms with van der Waals surface area (Å²) in [6.07, 6.45) is 8.76. The van der Waals surface area contributed by atoms with Gasteiger partial charge in [-0.25, -0.2) is 4.98 Å². The van der Waals surface area contributed by atoms with Crippen molar-refractivity contribution in [1.82, 2.24) is 9.88 Å². The fourth-order valence-electron chi connectivity index (χ4n) is 3.88. The van der Waals surface area contributed by atoms with Crippen molar-refractivity contribution < 1.29 is 17.9 Å². The maximum atomic E-state index is 12.7. The van der Waals surface area contributed by atoms with Crippen molar-refractivity contribution in [3.8, 4) is 11.6 Å². The number of halogens is 4.